The van der Waals surface area contributed by atoms with Crippen molar-refractivity contribution in [1.29, 1.82) is 0 Å². The molecular formula is C34H46N4O6. The monoisotopic (exact) mass is 606 g/mol. The summed E-state index contributed by atoms with van der Waals surface area (Å²) < 4.78 is 0. The fourth-order valence-electron chi connectivity index (χ4n) is 9.49. The maximum absolute atomic E-state index is 12.5. The number of aliphatic hydroxyl groups excluding tert-OH is 1. The molecule has 238 valence electrons. The molecule has 5 unspecified atom stereocenters. The SMILES string of the molecule is C[C@]12CCC(=NOCC(=O)NCC(=O)NC(Cc3c[nH]c4ccccc34)C(=O)O)CC1CCC1C2CC[C@@]2(C)C1CC[C@H]2O. The van der Waals surface area contributed by atoms with Crippen molar-refractivity contribution < 1.29 is 29.4 Å². The van der Waals surface area contributed by atoms with Crippen molar-refractivity contribution in [3.63, 3.8) is 0 Å². The number of oxime groups is 1. The molecular weight excluding hydrogens is 560 g/mol. The average Bonchev–Trinajstić information content (AvgIpc) is 3.55. The number of nitrogens with zero attached hydrogens (tertiary/aromatic N) is 1. The standard InChI is InChI=1S/C34H46N4O6/c1-33-13-11-22(16-21(33)7-8-24-25-9-10-29(39)34(25,2)14-12-26(24)33)38-44-19-31(41)36-18-30(40)37-28(32(42)43)15-20-17-35-27-6-4-3-5-23(20)27/h3-6,17,21,24-26,28-29,35,39H,7-16,18-19H2,1-2H3,(H,36,41)(H,37,40)(H,42,43)/t21?,24?,25?,26?,28?,29-,33+,34+/m1/s1. The number of fused-ring (bicyclic) bond motifs is 6. The van der Waals surface area contributed by atoms with E-state index in [0.717, 1.165) is 60.7 Å². The third-order valence-corrected chi connectivity index (χ3v) is 12.0. The van der Waals surface area contributed by atoms with Gasteiger partial charge in [-0.2, -0.15) is 0 Å². The quantitative estimate of drug-likeness (QED) is 0.270. The number of benzene rings is 1. The van der Waals surface area contributed by atoms with Crippen LogP contribution in [0.4, 0.5) is 0 Å². The molecule has 0 saturated heterocycles. The van der Waals surface area contributed by atoms with Gasteiger partial charge in [0.15, 0.2) is 6.61 Å². The van der Waals surface area contributed by atoms with Gasteiger partial charge in [0.1, 0.15) is 6.04 Å². The maximum Gasteiger partial charge on any atom is 0.326 e. The highest BCUT2D eigenvalue weighted by Gasteiger charge is 2.59. The number of carboxylic acid groups (broad SMARTS) is 1. The highest BCUT2D eigenvalue weighted by atomic mass is 16.6. The first-order valence-electron chi connectivity index (χ1n) is 16.3. The third kappa shape index (κ3) is 5.73. The Morgan fingerprint density at radius 1 is 1.05 bits per heavy atom. The molecule has 44 heavy (non-hydrogen) atoms. The first kappa shape index (κ1) is 30.6. The Balaban J connectivity index is 0.951. The fraction of sp³-hybridized carbons (Fsp3) is 0.647. The van der Waals surface area contributed by atoms with Gasteiger partial charge in [-0.25, -0.2) is 4.79 Å². The number of aromatic nitrogens is 1. The normalized spacial score (nSPS) is 34.4. The number of aliphatic hydroxyl groups is 1. The highest BCUT2D eigenvalue weighted by Crippen LogP contribution is 2.66. The molecule has 10 heteroatoms. The maximum atomic E-state index is 12.5. The van der Waals surface area contributed by atoms with Gasteiger partial charge in [0.05, 0.1) is 18.4 Å². The number of amides is 2. The van der Waals surface area contributed by atoms with Crippen LogP contribution < -0.4 is 10.6 Å². The predicted molar refractivity (Wildman–Crippen MR) is 166 cm³/mol. The van der Waals surface area contributed by atoms with E-state index in [9.17, 15) is 24.6 Å². The fourth-order valence-corrected chi connectivity index (χ4v) is 9.49. The van der Waals surface area contributed by atoms with Gasteiger partial charge in [-0.1, -0.05) is 37.2 Å². The Hall–Kier alpha value is -3.40. The average molecular weight is 607 g/mol. The zero-order valence-corrected chi connectivity index (χ0v) is 25.8. The molecule has 1 heterocycles. The van der Waals surface area contributed by atoms with Crippen LogP contribution in [0.15, 0.2) is 35.6 Å². The number of aliphatic carboxylic acids is 1. The second-order valence-electron chi connectivity index (χ2n) is 14.2. The van der Waals surface area contributed by atoms with E-state index in [1.54, 1.807) is 6.20 Å². The number of aromatic amines is 1. The second-order valence-corrected chi connectivity index (χ2v) is 14.2. The van der Waals surface area contributed by atoms with Gasteiger partial charge in [0.25, 0.3) is 5.91 Å². The summed E-state index contributed by atoms with van der Waals surface area (Å²) in [6.45, 7) is 4.15. The molecule has 4 aliphatic carbocycles. The van der Waals surface area contributed by atoms with E-state index in [-0.39, 0.29) is 36.5 Å². The van der Waals surface area contributed by atoms with Crippen LogP contribution in [0.1, 0.15) is 77.2 Å². The summed E-state index contributed by atoms with van der Waals surface area (Å²) in [6.07, 6.45) is 11.4. The van der Waals surface area contributed by atoms with E-state index >= 15 is 0 Å². The molecule has 0 spiro atoms. The molecule has 4 saturated carbocycles. The first-order chi connectivity index (χ1) is 21.1. The van der Waals surface area contributed by atoms with Crippen LogP contribution >= 0.6 is 0 Å². The van der Waals surface area contributed by atoms with E-state index in [4.69, 9.17) is 4.84 Å². The van der Waals surface area contributed by atoms with Crippen LogP contribution in [0.2, 0.25) is 0 Å². The number of hydrogen-bond acceptors (Lipinski definition) is 6. The smallest absolute Gasteiger partial charge is 0.326 e. The van der Waals surface area contributed by atoms with Crippen molar-refractivity contribution >= 4 is 34.4 Å². The minimum absolute atomic E-state index is 0.0939. The number of carbonyl (C=O) groups excluding carboxylic acids is 2. The number of para-hydroxylation sites is 1. The largest absolute Gasteiger partial charge is 0.480 e. The van der Waals surface area contributed by atoms with E-state index in [2.05, 4.69) is 34.6 Å². The van der Waals surface area contributed by atoms with E-state index in [1.807, 2.05) is 24.3 Å². The minimum atomic E-state index is -1.15. The molecule has 6 rings (SSSR count). The van der Waals surface area contributed by atoms with Crippen LogP contribution in [-0.2, 0) is 25.6 Å². The molecule has 0 radical (unpaired) electrons. The van der Waals surface area contributed by atoms with Crippen molar-refractivity contribution in [2.45, 2.75) is 90.2 Å². The Kier molecular flexibility index (Phi) is 8.48. The summed E-state index contributed by atoms with van der Waals surface area (Å²) in [5.74, 6) is 0.383. The van der Waals surface area contributed by atoms with Crippen molar-refractivity contribution in [1.82, 2.24) is 15.6 Å². The molecule has 4 aliphatic rings. The topological polar surface area (TPSA) is 153 Å². The molecule has 1 aromatic carbocycles. The number of carboxylic acids is 1. The molecule has 5 N–H and O–H groups in total. The summed E-state index contributed by atoms with van der Waals surface area (Å²) in [6, 6.07) is 6.44. The van der Waals surface area contributed by atoms with Crippen LogP contribution in [-0.4, -0.2) is 64.0 Å². The zero-order chi connectivity index (χ0) is 31.1. The number of H-pyrrole nitrogens is 1. The summed E-state index contributed by atoms with van der Waals surface area (Å²) in [7, 11) is 0. The van der Waals surface area contributed by atoms with Crippen molar-refractivity contribution in [2.24, 2.45) is 39.7 Å². The van der Waals surface area contributed by atoms with Crippen LogP contribution in [0, 0.1) is 34.5 Å². The van der Waals surface area contributed by atoms with E-state index < -0.39 is 23.8 Å². The van der Waals surface area contributed by atoms with Crippen molar-refractivity contribution in [2.75, 3.05) is 13.2 Å². The van der Waals surface area contributed by atoms with Gasteiger partial charge < -0.3 is 30.7 Å². The second kappa shape index (κ2) is 12.2. The number of nitrogens with one attached hydrogen (secondary N) is 3. The molecule has 0 aliphatic heterocycles. The first-order valence-corrected chi connectivity index (χ1v) is 16.3. The lowest BCUT2D eigenvalue weighted by atomic mass is 9.45. The summed E-state index contributed by atoms with van der Waals surface area (Å²) in [5, 5.41) is 30.6. The molecule has 10 nitrogen and oxygen atoms in total. The molecule has 2 amide bonds. The molecule has 4 fully saturated rings. The lowest BCUT2D eigenvalue weighted by molar-refractivity contribution is -0.141. The molecule has 2 aromatic rings. The van der Waals surface area contributed by atoms with Crippen molar-refractivity contribution in [3.05, 3.63) is 36.0 Å². The minimum Gasteiger partial charge on any atom is -0.480 e. The highest BCUT2D eigenvalue weighted by molar-refractivity contribution is 5.89. The van der Waals surface area contributed by atoms with Crippen LogP contribution in [0.25, 0.3) is 10.9 Å². The lowest BCUT2D eigenvalue weighted by Crippen LogP contribution is -2.54. The lowest BCUT2D eigenvalue weighted by Gasteiger charge is -2.60. The number of rotatable bonds is 9. The molecule has 8 atom stereocenters. The zero-order valence-electron chi connectivity index (χ0n) is 25.8. The molecule has 0 bridgehead atoms. The summed E-state index contributed by atoms with van der Waals surface area (Å²) >= 11 is 0. The Labute approximate surface area is 258 Å². The summed E-state index contributed by atoms with van der Waals surface area (Å²) in [5.41, 5.74) is 3.05. The van der Waals surface area contributed by atoms with Gasteiger partial charge in [0.2, 0.25) is 5.91 Å². The van der Waals surface area contributed by atoms with E-state index in [1.165, 1.54) is 19.3 Å². The van der Waals surface area contributed by atoms with Crippen molar-refractivity contribution in [3.8, 4) is 0 Å². The Morgan fingerprint density at radius 3 is 2.66 bits per heavy atom. The van der Waals surface area contributed by atoms with Gasteiger partial charge in [-0.15, -0.1) is 0 Å². The van der Waals surface area contributed by atoms with Crippen LogP contribution in [0.5, 0.6) is 0 Å². The summed E-state index contributed by atoms with van der Waals surface area (Å²) in [4.78, 5) is 45.2. The number of carbonyl (C=O) groups is 3. The van der Waals surface area contributed by atoms with Gasteiger partial charge in [-0.3, -0.25) is 9.59 Å². The van der Waals surface area contributed by atoms with Crippen LogP contribution in [0.3, 0.4) is 0 Å². The Bertz CT molecular complexity index is 1440. The predicted octanol–water partition coefficient (Wildman–Crippen LogP) is 4.17. The van der Waals surface area contributed by atoms with Gasteiger partial charge >= 0.3 is 5.97 Å². The van der Waals surface area contributed by atoms with Gasteiger partial charge in [-0.05, 0) is 104 Å². The number of hydrogen-bond donors (Lipinski definition) is 5. The van der Waals surface area contributed by atoms with E-state index in [0.29, 0.717) is 23.7 Å². The molecule has 1 aromatic heterocycles. The third-order valence-electron chi connectivity index (χ3n) is 12.0. The van der Waals surface area contributed by atoms with Gasteiger partial charge in [0, 0.05) is 23.5 Å². The Morgan fingerprint density at radius 2 is 1.84 bits per heavy atom.